The van der Waals surface area contributed by atoms with Crippen molar-refractivity contribution < 1.29 is 0 Å². The van der Waals surface area contributed by atoms with Crippen molar-refractivity contribution in [1.29, 1.82) is 0 Å². The average Bonchev–Trinajstić information content (AvgIpc) is 2.79. The van der Waals surface area contributed by atoms with Crippen LogP contribution in [-0.2, 0) is 6.42 Å². The van der Waals surface area contributed by atoms with Crippen LogP contribution in [0, 0.1) is 0 Å². The van der Waals surface area contributed by atoms with Crippen LogP contribution in [0.4, 0.5) is 5.69 Å². The van der Waals surface area contributed by atoms with Gasteiger partial charge in [-0.2, -0.15) is 0 Å². The molecule has 0 radical (unpaired) electrons. The highest BCUT2D eigenvalue weighted by atomic mass is 15.2. The summed E-state index contributed by atoms with van der Waals surface area (Å²) < 4.78 is 0. The first-order chi connectivity index (χ1) is 9.76. The molecule has 1 N–H and O–H groups in total. The minimum absolute atomic E-state index is 0.636. The quantitative estimate of drug-likeness (QED) is 0.735. The molecule has 1 unspecified atom stereocenters. The van der Waals surface area contributed by atoms with E-state index in [-0.39, 0.29) is 0 Å². The van der Waals surface area contributed by atoms with E-state index in [0.717, 1.165) is 39.3 Å². The number of fused-ring (bicyclic) bond motifs is 1. The second-order valence-electron chi connectivity index (χ2n) is 5.65. The van der Waals surface area contributed by atoms with Gasteiger partial charge in [0, 0.05) is 37.9 Å². The van der Waals surface area contributed by atoms with Gasteiger partial charge in [-0.05, 0) is 38.1 Å². The summed E-state index contributed by atoms with van der Waals surface area (Å²) in [5.74, 6) is 0. The van der Waals surface area contributed by atoms with Gasteiger partial charge in [-0.1, -0.05) is 32.0 Å². The largest absolute Gasteiger partial charge is 0.367 e. The summed E-state index contributed by atoms with van der Waals surface area (Å²) >= 11 is 0. The van der Waals surface area contributed by atoms with Crippen LogP contribution in [0.25, 0.3) is 0 Å². The molecule has 1 aliphatic rings. The maximum atomic E-state index is 3.58. The van der Waals surface area contributed by atoms with E-state index in [2.05, 4.69) is 60.2 Å². The predicted molar refractivity (Wildman–Crippen MR) is 87.6 cm³/mol. The number of hydrogen-bond donors (Lipinski definition) is 1. The van der Waals surface area contributed by atoms with Crippen LogP contribution < -0.4 is 10.2 Å². The van der Waals surface area contributed by atoms with Gasteiger partial charge in [-0.15, -0.1) is 0 Å². The topological polar surface area (TPSA) is 18.5 Å². The van der Waals surface area contributed by atoms with E-state index >= 15 is 0 Å². The molecule has 0 spiro atoms. The monoisotopic (exact) mass is 275 g/mol. The highest BCUT2D eigenvalue weighted by Crippen LogP contribution is 2.30. The van der Waals surface area contributed by atoms with Gasteiger partial charge in [0.15, 0.2) is 0 Å². The van der Waals surface area contributed by atoms with Crippen LogP contribution in [0.15, 0.2) is 24.3 Å². The molecule has 20 heavy (non-hydrogen) atoms. The van der Waals surface area contributed by atoms with E-state index in [4.69, 9.17) is 0 Å². The van der Waals surface area contributed by atoms with E-state index < -0.39 is 0 Å². The van der Waals surface area contributed by atoms with Crippen molar-refractivity contribution in [2.75, 3.05) is 44.2 Å². The molecule has 0 amide bonds. The number of rotatable bonds is 8. The highest BCUT2D eigenvalue weighted by molar-refractivity contribution is 5.59. The molecule has 1 atom stereocenters. The number of likely N-dealkylation sites (N-methyl/N-ethyl adjacent to an activating group) is 1. The van der Waals surface area contributed by atoms with Gasteiger partial charge in [-0.25, -0.2) is 0 Å². The minimum atomic E-state index is 0.636. The Morgan fingerprint density at radius 3 is 2.70 bits per heavy atom. The lowest BCUT2D eigenvalue weighted by molar-refractivity contribution is 0.303. The molecule has 0 aliphatic carbocycles. The van der Waals surface area contributed by atoms with Crippen LogP contribution in [0.5, 0.6) is 0 Å². The molecular formula is C17H29N3. The first-order valence-electron chi connectivity index (χ1n) is 8.03. The summed E-state index contributed by atoms with van der Waals surface area (Å²) in [6, 6.07) is 9.46. The number of nitrogens with one attached hydrogen (secondary N) is 1. The van der Waals surface area contributed by atoms with Crippen molar-refractivity contribution in [3.8, 4) is 0 Å². The molecule has 3 heteroatoms. The number of anilines is 1. The van der Waals surface area contributed by atoms with E-state index in [1.165, 1.54) is 17.7 Å². The van der Waals surface area contributed by atoms with Gasteiger partial charge in [0.2, 0.25) is 0 Å². The van der Waals surface area contributed by atoms with Crippen LogP contribution in [-0.4, -0.2) is 50.2 Å². The Morgan fingerprint density at radius 2 is 1.95 bits per heavy atom. The van der Waals surface area contributed by atoms with Gasteiger partial charge in [0.05, 0.1) is 0 Å². The van der Waals surface area contributed by atoms with E-state index in [0.29, 0.717) is 6.04 Å². The molecule has 1 aliphatic heterocycles. The molecule has 3 nitrogen and oxygen atoms in total. The fourth-order valence-corrected chi connectivity index (χ4v) is 3.07. The SMILES string of the molecule is CCN(CC)CCNCCN1c2ccccc2CC1C. The summed E-state index contributed by atoms with van der Waals surface area (Å²) in [5, 5.41) is 3.58. The molecule has 1 aromatic rings. The lowest BCUT2D eigenvalue weighted by atomic mass is 10.1. The van der Waals surface area contributed by atoms with Crippen molar-refractivity contribution in [3.05, 3.63) is 29.8 Å². The summed E-state index contributed by atoms with van der Waals surface area (Å²) in [6.07, 6.45) is 1.19. The molecule has 0 saturated heterocycles. The Hall–Kier alpha value is -1.06. The lowest BCUT2D eigenvalue weighted by Crippen LogP contribution is -2.38. The van der Waals surface area contributed by atoms with Crippen molar-refractivity contribution in [1.82, 2.24) is 10.2 Å². The molecule has 0 fully saturated rings. The Balaban J connectivity index is 1.72. The maximum absolute atomic E-state index is 3.58. The first-order valence-corrected chi connectivity index (χ1v) is 8.03. The second kappa shape index (κ2) is 7.65. The molecular weight excluding hydrogens is 246 g/mol. The highest BCUT2D eigenvalue weighted by Gasteiger charge is 2.24. The molecule has 2 rings (SSSR count). The average molecular weight is 275 g/mol. The number of hydrogen-bond acceptors (Lipinski definition) is 3. The molecule has 0 saturated carbocycles. The molecule has 0 bridgehead atoms. The smallest absolute Gasteiger partial charge is 0.0402 e. The summed E-state index contributed by atoms with van der Waals surface area (Å²) in [6.45, 7) is 13.5. The fraction of sp³-hybridized carbons (Fsp3) is 0.647. The van der Waals surface area contributed by atoms with Gasteiger partial charge in [-0.3, -0.25) is 0 Å². The summed E-state index contributed by atoms with van der Waals surface area (Å²) in [5.41, 5.74) is 2.94. The van der Waals surface area contributed by atoms with Gasteiger partial charge in [0.1, 0.15) is 0 Å². The predicted octanol–water partition coefficient (Wildman–Crippen LogP) is 2.37. The van der Waals surface area contributed by atoms with Crippen molar-refractivity contribution in [2.24, 2.45) is 0 Å². The lowest BCUT2D eigenvalue weighted by Gasteiger charge is -2.25. The van der Waals surface area contributed by atoms with Gasteiger partial charge in [0.25, 0.3) is 0 Å². The summed E-state index contributed by atoms with van der Waals surface area (Å²) in [7, 11) is 0. The Labute approximate surface area is 124 Å². The van der Waals surface area contributed by atoms with E-state index in [1.807, 2.05) is 0 Å². The van der Waals surface area contributed by atoms with Crippen LogP contribution in [0.2, 0.25) is 0 Å². The van der Waals surface area contributed by atoms with Crippen molar-refractivity contribution in [2.45, 2.75) is 33.2 Å². The maximum Gasteiger partial charge on any atom is 0.0402 e. The Morgan fingerprint density at radius 1 is 1.20 bits per heavy atom. The standard InChI is InChI=1S/C17H29N3/c1-4-19(5-2)12-10-18-11-13-20-15(3)14-16-8-6-7-9-17(16)20/h6-9,15,18H,4-5,10-14H2,1-3H3. The Kier molecular flexibility index (Phi) is 5.86. The molecule has 1 heterocycles. The Bertz CT molecular complexity index is 401. The van der Waals surface area contributed by atoms with Gasteiger partial charge < -0.3 is 15.1 Å². The third-order valence-electron chi connectivity index (χ3n) is 4.38. The van der Waals surface area contributed by atoms with Crippen LogP contribution >= 0.6 is 0 Å². The zero-order valence-electron chi connectivity index (χ0n) is 13.2. The minimum Gasteiger partial charge on any atom is -0.367 e. The molecule has 1 aromatic carbocycles. The number of benzene rings is 1. The first kappa shape index (κ1) is 15.3. The molecule has 112 valence electrons. The van der Waals surface area contributed by atoms with Crippen molar-refractivity contribution in [3.63, 3.8) is 0 Å². The van der Waals surface area contributed by atoms with Gasteiger partial charge >= 0.3 is 0 Å². The summed E-state index contributed by atoms with van der Waals surface area (Å²) in [4.78, 5) is 5.00. The van der Waals surface area contributed by atoms with E-state index in [9.17, 15) is 0 Å². The zero-order chi connectivity index (χ0) is 14.4. The van der Waals surface area contributed by atoms with Crippen LogP contribution in [0.1, 0.15) is 26.3 Å². The van der Waals surface area contributed by atoms with Crippen molar-refractivity contribution >= 4 is 5.69 Å². The number of para-hydroxylation sites is 1. The number of nitrogens with zero attached hydrogens (tertiary/aromatic N) is 2. The van der Waals surface area contributed by atoms with E-state index in [1.54, 1.807) is 0 Å². The molecule has 0 aromatic heterocycles. The zero-order valence-corrected chi connectivity index (χ0v) is 13.2. The third-order valence-corrected chi connectivity index (χ3v) is 4.38. The third kappa shape index (κ3) is 3.74. The van der Waals surface area contributed by atoms with Crippen LogP contribution in [0.3, 0.4) is 0 Å². The normalized spacial score (nSPS) is 17.8. The fourth-order valence-electron chi connectivity index (χ4n) is 3.07. The second-order valence-corrected chi connectivity index (χ2v) is 5.65.